The number of alkyl halides is 3. The Kier molecular flexibility index (Phi) is 9.12. The number of halogens is 3. The second-order valence-corrected chi connectivity index (χ2v) is 9.82. The van der Waals surface area contributed by atoms with E-state index in [1.807, 2.05) is 12.1 Å². The summed E-state index contributed by atoms with van der Waals surface area (Å²) in [7, 11) is 4.03. The molecule has 1 N–H and O–H groups in total. The molecule has 36 heavy (non-hydrogen) atoms. The Bertz CT molecular complexity index is 1000. The van der Waals surface area contributed by atoms with E-state index in [9.17, 15) is 13.2 Å². The highest BCUT2D eigenvalue weighted by molar-refractivity contribution is 5.30. The van der Waals surface area contributed by atoms with Crippen LogP contribution in [0.1, 0.15) is 42.4 Å². The zero-order valence-corrected chi connectivity index (χ0v) is 21.4. The van der Waals surface area contributed by atoms with Crippen LogP contribution in [0.2, 0.25) is 0 Å². The Morgan fingerprint density at radius 2 is 1.50 bits per heavy atom. The lowest BCUT2D eigenvalue weighted by Crippen LogP contribution is -2.48. The number of allylic oxidation sites excluding steroid dienone is 2. The van der Waals surface area contributed by atoms with Crippen molar-refractivity contribution in [3.8, 4) is 5.75 Å². The van der Waals surface area contributed by atoms with Crippen molar-refractivity contribution in [2.45, 2.75) is 69.9 Å². The molecule has 2 fully saturated rings. The largest absolute Gasteiger partial charge is 0.505 e. The van der Waals surface area contributed by atoms with Crippen molar-refractivity contribution in [3.63, 3.8) is 0 Å². The first-order valence-electron chi connectivity index (χ1n) is 12.3. The van der Waals surface area contributed by atoms with E-state index in [0.29, 0.717) is 6.04 Å². The van der Waals surface area contributed by atoms with Gasteiger partial charge in [0.1, 0.15) is 5.75 Å². The number of rotatable bonds is 7. The fourth-order valence-corrected chi connectivity index (χ4v) is 5.11. The molecule has 2 saturated heterocycles. The van der Waals surface area contributed by atoms with Crippen LogP contribution in [0.5, 0.6) is 5.75 Å². The van der Waals surface area contributed by atoms with Gasteiger partial charge in [-0.2, -0.15) is 13.2 Å². The Labute approximate surface area is 212 Å². The molecule has 196 valence electrons. The van der Waals surface area contributed by atoms with Gasteiger partial charge in [0.2, 0.25) is 0 Å². The summed E-state index contributed by atoms with van der Waals surface area (Å²) in [5.41, 5.74) is 5.21. The van der Waals surface area contributed by atoms with Crippen LogP contribution in [0.25, 0.3) is 0 Å². The average Bonchev–Trinajstić information content (AvgIpc) is 3.03. The van der Waals surface area contributed by atoms with Gasteiger partial charge in [0.05, 0.1) is 7.11 Å². The summed E-state index contributed by atoms with van der Waals surface area (Å²) in [5, 5.41) is 7.57. The third-order valence-electron chi connectivity index (χ3n) is 7.29. The van der Waals surface area contributed by atoms with Gasteiger partial charge in [-0.05, 0) is 62.9 Å². The summed E-state index contributed by atoms with van der Waals surface area (Å²) in [6.07, 6.45) is 1.44. The van der Waals surface area contributed by atoms with E-state index in [-0.39, 0.29) is 0 Å². The van der Waals surface area contributed by atoms with Gasteiger partial charge in [-0.3, -0.25) is 0 Å². The molecule has 0 aromatic heterocycles. The molecule has 2 aromatic carbocycles. The number of aliphatic hydroxyl groups excluding tert-OH is 1. The molecule has 0 aliphatic carbocycles. The van der Waals surface area contributed by atoms with E-state index in [0.717, 1.165) is 30.8 Å². The first-order chi connectivity index (χ1) is 17.0. The van der Waals surface area contributed by atoms with Crippen molar-refractivity contribution < 1.29 is 23.0 Å². The molecular weight excluding hydrogens is 465 g/mol. The summed E-state index contributed by atoms with van der Waals surface area (Å²) in [4.78, 5) is 5.22. The van der Waals surface area contributed by atoms with Crippen LogP contribution in [-0.4, -0.2) is 53.4 Å². The molecule has 0 saturated carbocycles. The predicted molar refractivity (Wildman–Crippen MR) is 138 cm³/mol. The first-order valence-corrected chi connectivity index (χ1v) is 12.3. The summed E-state index contributed by atoms with van der Waals surface area (Å²) < 4.78 is 37.8. The van der Waals surface area contributed by atoms with Gasteiger partial charge in [0.15, 0.2) is 5.76 Å². The lowest BCUT2D eigenvalue weighted by atomic mass is 9.94. The third-order valence-corrected chi connectivity index (χ3v) is 7.29. The number of benzene rings is 2. The van der Waals surface area contributed by atoms with Gasteiger partial charge in [-0.1, -0.05) is 55.1 Å². The molecular formula is C29H37F3N2O2. The molecule has 0 spiro atoms. The Hall–Kier alpha value is -2.93. The summed E-state index contributed by atoms with van der Waals surface area (Å²) in [5.74, 6) is -0.852. The van der Waals surface area contributed by atoms with Crippen LogP contribution in [0.3, 0.4) is 0 Å². The van der Waals surface area contributed by atoms with Crippen LogP contribution in [-0.2, 0) is 13.0 Å². The number of fused-ring (bicyclic) bond motifs is 2. The molecule has 2 bridgehead atoms. The van der Waals surface area contributed by atoms with E-state index < -0.39 is 11.9 Å². The molecule has 4 nitrogen and oxygen atoms in total. The molecule has 2 unspecified atom stereocenters. The normalized spacial score (nSPS) is 21.3. The van der Waals surface area contributed by atoms with E-state index in [4.69, 9.17) is 9.84 Å². The van der Waals surface area contributed by atoms with Gasteiger partial charge in [-0.25, -0.2) is 0 Å². The highest BCUT2D eigenvalue weighted by atomic mass is 19.4. The van der Waals surface area contributed by atoms with Crippen molar-refractivity contribution in [2.24, 2.45) is 0 Å². The van der Waals surface area contributed by atoms with Gasteiger partial charge < -0.3 is 19.6 Å². The second-order valence-electron chi connectivity index (χ2n) is 9.82. The van der Waals surface area contributed by atoms with E-state index >= 15 is 0 Å². The van der Waals surface area contributed by atoms with Crippen molar-refractivity contribution in [1.29, 1.82) is 0 Å². The second kappa shape index (κ2) is 11.9. The Morgan fingerprint density at radius 1 is 1.00 bits per heavy atom. The fourth-order valence-electron chi connectivity index (χ4n) is 5.11. The number of nitrogens with zero attached hydrogens (tertiary/aromatic N) is 2. The maximum Gasteiger partial charge on any atom is 0.448 e. The fraction of sp³-hybridized carbons (Fsp3) is 0.448. The standard InChI is InChI=1S/C26H34N2O.C3H3F3O/c1-19-5-7-22(8-6-19)18-28(25-16-23-11-12-24(17-25)27(23)3)20(2)15-21-9-13-26(29-4)14-10-21;1-2(7)3(4,5)6/h5-10,13-14,23-25H,2,11-12,15-18H2,1,3-4H3;7H,1H2. The van der Waals surface area contributed by atoms with E-state index in [2.05, 4.69) is 73.3 Å². The summed E-state index contributed by atoms with van der Waals surface area (Å²) in [6.45, 7) is 9.91. The molecule has 2 aliphatic heterocycles. The minimum atomic E-state index is -4.64. The van der Waals surface area contributed by atoms with Crippen molar-refractivity contribution in [1.82, 2.24) is 9.80 Å². The van der Waals surface area contributed by atoms with Gasteiger partial charge in [0.25, 0.3) is 0 Å². The molecule has 2 heterocycles. The number of aliphatic hydroxyl groups is 1. The smallest absolute Gasteiger partial charge is 0.448 e. The molecule has 0 amide bonds. The predicted octanol–water partition coefficient (Wildman–Crippen LogP) is 6.81. The summed E-state index contributed by atoms with van der Waals surface area (Å²) in [6, 6.07) is 19.4. The van der Waals surface area contributed by atoms with E-state index in [1.165, 1.54) is 48.1 Å². The van der Waals surface area contributed by atoms with Crippen molar-refractivity contribution in [2.75, 3.05) is 14.2 Å². The highest BCUT2D eigenvalue weighted by Crippen LogP contribution is 2.38. The number of hydrogen-bond acceptors (Lipinski definition) is 4. The number of methoxy groups -OCH3 is 1. The molecule has 2 atom stereocenters. The number of aryl methyl sites for hydroxylation is 1. The van der Waals surface area contributed by atoms with Gasteiger partial charge >= 0.3 is 6.18 Å². The van der Waals surface area contributed by atoms with Crippen LogP contribution in [0, 0.1) is 6.92 Å². The quantitative estimate of drug-likeness (QED) is 0.422. The average molecular weight is 503 g/mol. The number of piperidine rings is 1. The molecule has 7 heteroatoms. The zero-order chi connectivity index (χ0) is 26.5. The number of ether oxygens (including phenoxy) is 1. The molecule has 2 aromatic rings. The topological polar surface area (TPSA) is 35.9 Å². The minimum absolute atomic E-state index is 0.579. The maximum atomic E-state index is 10.8. The van der Waals surface area contributed by atoms with Crippen molar-refractivity contribution >= 4 is 0 Å². The van der Waals surface area contributed by atoms with Gasteiger partial charge in [-0.15, -0.1) is 0 Å². The lowest BCUT2D eigenvalue weighted by molar-refractivity contribution is -0.119. The van der Waals surface area contributed by atoms with Gasteiger partial charge in [0, 0.05) is 36.8 Å². The lowest BCUT2D eigenvalue weighted by Gasteiger charge is -2.43. The molecule has 4 rings (SSSR count). The van der Waals surface area contributed by atoms with E-state index in [1.54, 1.807) is 7.11 Å². The molecule has 2 aliphatic rings. The van der Waals surface area contributed by atoms with Crippen LogP contribution in [0.4, 0.5) is 13.2 Å². The number of hydrogen-bond donors (Lipinski definition) is 1. The third kappa shape index (κ3) is 7.29. The minimum Gasteiger partial charge on any atom is -0.505 e. The molecule has 0 radical (unpaired) electrons. The maximum absolute atomic E-state index is 10.8. The first kappa shape index (κ1) is 27.7. The van der Waals surface area contributed by atoms with Crippen LogP contribution >= 0.6 is 0 Å². The monoisotopic (exact) mass is 502 g/mol. The van der Waals surface area contributed by atoms with Crippen LogP contribution in [0.15, 0.2) is 73.1 Å². The van der Waals surface area contributed by atoms with Crippen molar-refractivity contribution in [3.05, 3.63) is 89.8 Å². The SMILES string of the molecule is C=C(Cc1ccc(OC)cc1)N(Cc1ccc(C)cc1)C1CC2CCC(C1)N2C.C=C(O)C(F)(F)F. The zero-order valence-electron chi connectivity index (χ0n) is 21.4. The Balaban J connectivity index is 0.000000454. The Morgan fingerprint density at radius 3 is 1.97 bits per heavy atom. The van der Waals surface area contributed by atoms with Crippen LogP contribution < -0.4 is 4.74 Å². The summed E-state index contributed by atoms with van der Waals surface area (Å²) >= 11 is 0. The highest BCUT2D eigenvalue weighted by Gasteiger charge is 2.40.